The van der Waals surface area contributed by atoms with Gasteiger partial charge in [-0.2, -0.15) is 4.98 Å². The Morgan fingerprint density at radius 1 is 1.30 bits per heavy atom. The first-order valence-electron chi connectivity index (χ1n) is 8.14. The topological polar surface area (TPSA) is 54.2 Å². The van der Waals surface area contributed by atoms with Gasteiger partial charge in [-0.05, 0) is 38.6 Å². The van der Waals surface area contributed by atoms with Crippen LogP contribution in [0, 0.1) is 0 Å². The van der Waals surface area contributed by atoms with E-state index in [2.05, 4.69) is 27.3 Å². The number of aromatic nitrogens is 2. The van der Waals surface area contributed by atoms with Gasteiger partial charge in [0.1, 0.15) is 0 Å². The number of hydrogen-bond donors (Lipinski definition) is 1. The van der Waals surface area contributed by atoms with E-state index in [1.165, 1.54) is 38.6 Å². The smallest absolute Gasteiger partial charge is 0.240 e. The number of piperidine rings is 1. The standard InChI is InChI=1S/C15H26N4O/c1-2-5-14-17-15(20-18-14)11-19(13-7-8-13)10-12-6-3-4-9-16-12/h12-13,16H,2-11H2,1H3. The molecule has 3 rings (SSSR count). The van der Waals surface area contributed by atoms with Crippen LogP contribution in [0.1, 0.15) is 57.2 Å². The lowest BCUT2D eigenvalue weighted by molar-refractivity contribution is 0.184. The zero-order valence-corrected chi connectivity index (χ0v) is 12.5. The Kier molecular flexibility index (Phi) is 4.68. The predicted molar refractivity (Wildman–Crippen MR) is 77.4 cm³/mol. The Balaban J connectivity index is 1.55. The molecule has 1 aromatic rings. The lowest BCUT2D eigenvalue weighted by atomic mass is 10.0. The van der Waals surface area contributed by atoms with E-state index in [1.807, 2.05) is 0 Å². The van der Waals surface area contributed by atoms with E-state index in [1.54, 1.807) is 0 Å². The van der Waals surface area contributed by atoms with E-state index in [0.717, 1.165) is 43.7 Å². The monoisotopic (exact) mass is 278 g/mol. The summed E-state index contributed by atoms with van der Waals surface area (Å²) in [5, 5.41) is 7.69. The molecule has 1 aliphatic carbocycles. The van der Waals surface area contributed by atoms with E-state index in [-0.39, 0.29) is 0 Å². The normalized spacial score (nSPS) is 23.4. The van der Waals surface area contributed by atoms with Crippen LogP contribution in [-0.2, 0) is 13.0 Å². The molecule has 1 saturated heterocycles. The minimum atomic E-state index is 0.641. The zero-order chi connectivity index (χ0) is 13.8. The van der Waals surface area contributed by atoms with Crippen molar-refractivity contribution in [2.75, 3.05) is 13.1 Å². The second kappa shape index (κ2) is 6.68. The van der Waals surface area contributed by atoms with Gasteiger partial charge in [-0.15, -0.1) is 0 Å². The highest BCUT2D eigenvalue weighted by Crippen LogP contribution is 2.28. The molecule has 2 aliphatic rings. The van der Waals surface area contributed by atoms with Gasteiger partial charge in [-0.25, -0.2) is 0 Å². The molecule has 1 aromatic heterocycles. The van der Waals surface area contributed by atoms with Crippen molar-refractivity contribution >= 4 is 0 Å². The molecule has 1 unspecified atom stereocenters. The van der Waals surface area contributed by atoms with Crippen LogP contribution in [0.2, 0.25) is 0 Å². The molecule has 1 N–H and O–H groups in total. The van der Waals surface area contributed by atoms with Crippen LogP contribution in [0.15, 0.2) is 4.52 Å². The van der Waals surface area contributed by atoms with Gasteiger partial charge in [0.15, 0.2) is 5.82 Å². The van der Waals surface area contributed by atoms with Crippen LogP contribution in [0.3, 0.4) is 0 Å². The first-order chi connectivity index (χ1) is 9.85. The molecule has 0 bridgehead atoms. The molecular formula is C15H26N4O. The summed E-state index contributed by atoms with van der Waals surface area (Å²) in [6.45, 7) is 5.25. The van der Waals surface area contributed by atoms with Crippen molar-refractivity contribution in [2.24, 2.45) is 0 Å². The fourth-order valence-electron chi connectivity index (χ4n) is 3.00. The van der Waals surface area contributed by atoms with Gasteiger partial charge in [-0.3, -0.25) is 4.90 Å². The largest absolute Gasteiger partial charge is 0.338 e. The molecule has 0 radical (unpaired) electrons. The summed E-state index contributed by atoms with van der Waals surface area (Å²) in [6.07, 6.45) is 8.61. The molecule has 0 aromatic carbocycles. The van der Waals surface area contributed by atoms with Crippen molar-refractivity contribution in [2.45, 2.75) is 70.5 Å². The summed E-state index contributed by atoms with van der Waals surface area (Å²) >= 11 is 0. The first-order valence-corrected chi connectivity index (χ1v) is 8.14. The van der Waals surface area contributed by atoms with Crippen molar-refractivity contribution in [3.63, 3.8) is 0 Å². The maximum absolute atomic E-state index is 5.39. The van der Waals surface area contributed by atoms with E-state index in [4.69, 9.17) is 4.52 Å². The van der Waals surface area contributed by atoms with E-state index in [0.29, 0.717) is 6.04 Å². The third kappa shape index (κ3) is 3.79. The third-order valence-electron chi connectivity index (χ3n) is 4.25. The Labute approximate surface area is 121 Å². The average Bonchev–Trinajstić information content (AvgIpc) is 3.22. The van der Waals surface area contributed by atoms with Gasteiger partial charge in [0.25, 0.3) is 0 Å². The SMILES string of the molecule is CCCc1noc(CN(CC2CCCCN2)C2CC2)n1. The Bertz CT molecular complexity index is 410. The Hall–Kier alpha value is -0.940. The molecule has 0 amide bonds. The summed E-state index contributed by atoms with van der Waals surface area (Å²) in [6, 6.07) is 1.38. The van der Waals surface area contributed by atoms with Crippen LogP contribution in [0.5, 0.6) is 0 Å². The lowest BCUT2D eigenvalue weighted by Crippen LogP contribution is -2.44. The maximum atomic E-state index is 5.39. The molecular weight excluding hydrogens is 252 g/mol. The second-order valence-electron chi connectivity index (χ2n) is 6.16. The fourth-order valence-corrected chi connectivity index (χ4v) is 3.00. The maximum Gasteiger partial charge on any atom is 0.240 e. The van der Waals surface area contributed by atoms with Crippen molar-refractivity contribution in [1.82, 2.24) is 20.4 Å². The van der Waals surface area contributed by atoms with Crippen LogP contribution in [0.25, 0.3) is 0 Å². The van der Waals surface area contributed by atoms with Crippen LogP contribution in [-0.4, -0.2) is 40.2 Å². The zero-order valence-electron chi connectivity index (χ0n) is 12.5. The summed E-state index contributed by atoms with van der Waals surface area (Å²) in [5.74, 6) is 1.64. The summed E-state index contributed by atoms with van der Waals surface area (Å²) in [4.78, 5) is 7.04. The highest BCUT2D eigenvalue weighted by molar-refractivity contribution is 4.92. The Morgan fingerprint density at radius 2 is 2.20 bits per heavy atom. The number of hydrogen-bond acceptors (Lipinski definition) is 5. The fraction of sp³-hybridized carbons (Fsp3) is 0.867. The summed E-state index contributed by atoms with van der Waals surface area (Å²) in [5.41, 5.74) is 0. The number of aryl methyl sites for hydroxylation is 1. The van der Waals surface area contributed by atoms with Crippen molar-refractivity contribution in [3.05, 3.63) is 11.7 Å². The van der Waals surface area contributed by atoms with E-state index in [9.17, 15) is 0 Å². The van der Waals surface area contributed by atoms with Gasteiger partial charge in [0.2, 0.25) is 5.89 Å². The van der Waals surface area contributed by atoms with Gasteiger partial charge in [0, 0.05) is 25.0 Å². The summed E-state index contributed by atoms with van der Waals surface area (Å²) in [7, 11) is 0. The van der Waals surface area contributed by atoms with Gasteiger partial charge < -0.3 is 9.84 Å². The molecule has 5 heteroatoms. The highest BCUT2D eigenvalue weighted by Gasteiger charge is 2.32. The molecule has 0 spiro atoms. The number of nitrogens with zero attached hydrogens (tertiary/aromatic N) is 3. The first kappa shape index (κ1) is 14.0. The van der Waals surface area contributed by atoms with Crippen molar-refractivity contribution < 1.29 is 4.52 Å². The quantitative estimate of drug-likeness (QED) is 0.828. The average molecular weight is 278 g/mol. The molecule has 1 atom stereocenters. The molecule has 2 heterocycles. The number of nitrogens with one attached hydrogen (secondary N) is 1. The second-order valence-corrected chi connectivity index (χ2v) is 6.16. The van der Waals surface area contributed by atoms with E-state index >= 15 is 0 Å². The molecule has 1 aliphatic heterocycles. The van der Waals surface area contributed by atoms with Crippen LogP contribution < -0.4 is 5.32 Å². The van der Waals surface area contributed by atoms with Crippen LogP contribution >= 0.6 is 0 Å². The van der Waals surface area contributed by atoms with Crippen molar-refractivity contribution in [3.8, 4) is 0 Å². The highest BCUT2D eigenvalue weighted by atomic mass is 16.5. The Morgan fingerprint density at radius 3 is 2.90 bits per heavy atom. The molecule has 20 heavy (non-hydrogen) atoms. The van der Waals surface area contributed by atoms with Crippen molar-refractivity contribution in [1.29, 1.82) is 0 Å². The van der Waals surface area contributed by atoms with Gasteiger partial charge in [0.05, 0.1) is 6.54 Å². The predicted octanol–water partition coefficient (Wildman–Crippen LogP) is 2.13. The minimum absolute atomic E-state index is 0.641. The lowest BCUT2D eigenvalue weighted by Gasteiger charge is -2.29. The van der Waals surface area contributed by atoms with E-state index < -0.39 is 0 Å². The molecule has 1 saturated carbocycles. The number of rotatable bonds is 7. The molecule has 2 fully saturated rings. The molecule has 5 nitrogen and oxygen atoms in total. The molecule has 112 valence electrons. The summed E-state index contributed by atoms with van der Waals surface area (Å²) < 4.78 is 5.39. The van der Waals surface area contributed by atoms with Gasteiger partial charge >= 0.3 is 0 Å². The minimum Gasteiger partial charge on any atom is -0.338 e. The third-order valence-corrected chi connectivity index (χ3v) is 4.25. The van der Waals surface area contributed by atoms with Gasteiger partial charge in [-0.1, -0.05) is 18.5 Å². The van der Waals surface area contributed by atoms with Crippen LogP contribution in [0.4, 0.5) is 0 Å².